The van der Waals surface area contributed by atoms with Crippen LogP contribution < -0.4 is 15.4 Å². The van der Waals surface area contributed by atoms with E-state index < -0.39 is 40.5 Å². The third kappa shape index (κ3) is 4.26. The Bertz CT molecular complexity index is 1300. The summed E-state index contributed by atoms with van der Waals surface area (Å²) >= 11 is 0. The van der Waals surface area contributed by atoms with Crippen molar-refractivity contribution in [3.63, 3.8) is 0 Å². The number of likely N-dealkylation sites (tertiary alicyclic amines) is 1. The highest BCUT2D eigenvalue weighted by molar-refractivity contribution is 6.03. The number of carbonyl (C=O) groups is 3. The van der Waals surface area contributed by atoms with Gasteiger partial charge in [-0.3, -0.25) is 14.4 Å². The third-order valence-corrected chi connectivity index (χ3v) is 7.51. The molecule has 5 rings (SSSR count). The molecule has 38 heavy (non-hydrogen) atoms. The molecule has 2 bridgehead atoms. The van der Waals surface area contributed by atoms with Gasteiger partial charge in [-0.1, -0.05) is 29.4 Å². The van der Waals surface area contributed by atoms with Crippen molar-refractivity contribution in [2.45, 2.75) is 63.8 Å². The topological polar surface area (TPSA) is 123 Å². The van der Waals surface area contributed by atoms with Gasteiger partial charge in [-0.25, -0.2) is 0 Å². The van der Waals surface area contributed by atoms with Gasteiger partial charge in [0.1, 0.15) is 23.2 Å². The van der Waals surface area contributed by atoms with Gasteiger partial charge in [0.25, 0.3) is 0 Å². The Morgan fingerprint density at radius 1 is 1.16 bits per heavy atom. The summed E-state index contributed by atoms with van der Waals surface area (Å²) < 4.78 is 16.8. The molecule has 10 heteroatoms. The van der Waals surface area contributed by atoms with Gasteiger partial charge in [0.05, 0.1) is 24.5 Å². The molecule has 0 unspecified atom stereocenters. The molecule has 1 spiro atoms. The van der Waals surface area contributed by atoms with Crippen molar-refractivity contribution in [2.24, 2.45) is 11.8 Å². The van der Waals surface area contributed by atoms with Gasteiger partial charge in [0.15, 0.2) is 5.82 Å². The minimum absolute atomic E-state index is 0.265. The van der Waals surface area contributed by atoms with Gasteiger partial charge < -0.3 is 29.5 Å². The van der Waals surface area contributed by atoms with Gasteiger partial charge >= 0.3 is 0 Å². The number of amides is 3. The number of aromatic nitrogens is 1. The number of hydrogen-bond donors (Lipinski definition) is 2. The average molecular weight is 523 g/mol. The summed E-state index contributed by atoms with van der Waals surface area (Å²) in [7, 11) is 1.60. The molecule has 3 aliphatic heterocycles. The number of anilines is 1. The number of nitrogens with zero attached hydrogens (tertiary/aromatic N) is 2. The van der Waals surface area contributed by atoms with Crippen molar-refractivity contribution >= 4 is 23.5 Å². The maximum atomic E-state index is 14.1. The first-order valence-corrected chi connectivity index (χ1v) is 12.8. The Balaban J connectivity index is 1.48. The maximum Gasteiger partial charge on any atom is 0.246 e. The van der Waals surface area contributed by atoms with Crippen LogP contribution in [-0.4, -0.2) is 64.2 Å². The fraction of sp³-hybridized carbons (Fsp3) is 0.500. The summed E-state index contributed by atoms with van der Waals surface area (Å²) in [4.78, 5) is 43.0. The van der Waals surface area contributed by atoms with Crippen molar-refractivity contribution < 1.29 is 28.4 Å². The molecule has 2 saturated heterocycles. The lowest BCUT2D eigenvalue weighted by molar-refractivity contribution is -0.144. The van der Waals surface area contributed by atoms with Crippen LogP contribution in [0.5, 0.6) is 5.75 Å². The number of benzene rings is 1. The van der Waals surface area contributed by atoms with E-state index in [9.17, 15) is 14.4 Å². The minimum Gasteiger partial charge on any atom is -0.497 e. The van der Waals surface area contributed by atoms with Crippen LogP contribution in [0, 0.1) is 18.8 Å². The molecular formula is C28H34N4O6. The van der Waals surface area contributed by atoms with Crippen LogP contribution in [0.1, 0.15) is 39.0 Å². The van der Waals surface area contributed by atoms with Crippen LogP contribution in [0.25, 0.3) is 0 Å². The Hall–Kier alpha value is -3.66. The molecule has 0 radical (unpaired) electrons. The van der Waals surface area contributed by atoms with E-state index in [-0.39, 0.29) is 24.2 Å². The predicted octanol–water partition coefficient (Wildman–Crippen LogP) is 2.63. The molecule has 2 N–H and O–H groups in total. The third-order valence-electron chi connectivity index (χ3n) is 7.51. The number of nitrogens with one attached hydrogen (secondary N) is 2. The molecule has 3 aliphatic rings. The highest BCUT2D eigenvalue weighted by atomic mass is 16.5. The van der Waals surface area contributed by atoms with Gasteiger partial charge in [-0.2, -0.15) is 0 Å². The Labute approximate surface area is 221 Å². The van der Waals surface area contributed by atoms with Crippen LogP contribution in [0.3, 0.4) is 0 Å². The first-order valence-electron chi connectivity index (χ1n) is 12.8. The smallest absolute Gasteiger partial charge is 0.246 e. The second-order valence-corrected chi connectivity index (χ2v) is 11.5. The zero-order chi connectivity index (χ0) is 27.5. The summed E-state index contributed by atoms with van der Waals surface area (Å²) in [5.74, 6) is -1.17. The van der Waals surface area contributed by atoms with E-state index in [1.165, 1.54) is 0 Å². The summed E-state index contributed by atoms with van der Waals surface area (Å²) in [6.45, 7) is 9.46. The normalized spacial score (nSPS) is 29.5. The van der Waals surface area contributed by atoms with E-state index >= 15 is 0 Å². The molecule has 2 aromatic rings. The zero-order valence-corrected chi connectivity index (χ0v) is 22.5. The molecule has 202 valence electrons. The lowest BCUT2D eigenvalue weighted by atomic mass is 9.70. The van der Waals surface area contributed by atoms with Crippen LogP contribution in [-0.2, 0) is 25.5 Å². The molecule has 1 aromatic carbocycles. The van der Waals surface area contributed by atoms with E-state index in [1.807, 2.05) is 45.0 Å². The Kier molecular flexibility index (Phi) is 6.13. The summed E-state index contributed by atoms with van der Waals surface area (Å²) in [6, 6.07) is 8.26. The molecule has 5 atom stereocenters. The quantitative estimate of drug-likeness (QED) is 0.536. The highest BCUT2D eigenvalue weighted by Gasteiger charge is 2.76. The molecule has 3 amide bonds. The van der Waals surface area contributed by atoms with Gasteiger partial charge in [-0.05, 0) is 58.7 Å². The summed E-state index contributed by atoms with van der Waals surface area (Å²) in [5, 5.41) is 9.65. The van der Waals surface area contributed by atoms with Crippen molar-refractivity contribution in [3.05, 3.63) is 53.8 Å². The first kappa shape index (κ1) is 26.0. The van der Waals surface area contributed by atoms with Crippen LogP contribution in [0.4, 0.5) is 5.82 Å². The van der Waals surface area contributed by atoms with Crippen LogP contribution in [0.2, 0.25) is 0 Å². The largest absolute Gasteiger partial charge is 0.497 e. The van der Waals surface area contributed by atoms with Crippen molar-refractivity contribution in [2.75, 3.05) is 19.0 Å². The number of carbonyl (C=O) groups excluding carboxylic acids is 3. The average Bonchev–Trinajstić information content (AvgIpc) is 3.54. The van der Waals surface area contributed by atoms with Crippen molar-refractivity contribution in [1.29, 1.82) is 0 Å². The fourth-order valence-corrected chi connectivity index (χ4v) is 5.98. The number of ether oxygens (including phenoxy) is 2. The monoisotopic (exact) mass is 522 g/mol. The van der Waals surface area contributed by atoms with Gasteiger partial charge in [0.2, 0.25) is 17.7 Å². The van der Waals surface area contributed by atoms with E-state index in [2.05, 4.69) is 15.8 Å². The fourth-order valence-electron chi connectivity index (χ4n) is 5.98. The van der Waals surface area contributed by atoms with Crippen molar-refractivity contribution in [3.8, 4) is 5.75 Å². The highest BCUT2D eigenvalue weighted by Crippen LogP contribution is 2.59. The predicted molar refractivity (Wildman–Crippen MR) is 138 cm³/mol. The number of aryl methyl sites for hydroxylation is 1. The number of fused-ring (bicyclic) bond motifs is 1. The first-order chi connectivity index (χ1) is 17.9. The van der Waals surface area contributed by atoms with E-state index in [0.29, 0.717) is 12.2 Å². The molecule has 1 aromatic heterocycles. The number of rotatable bonds is 7. The Morgan fingerprint density at radius 3 is 2.47 bits per heavy atom. The molecule has 0 aliphatic carbocycles. The molecular weight excluding hydrogens is 488 g/mol. The summed E-state index contributed by atoms with van der Waals surface area (Å²) in [6.07, 6.45) is 4.13. The van der Waals surface area contributed by atoms with E-state index in [0.717, 1.165) is 11.3 Å². The second kappa shape index (κ2) is 8.97. The maximum absolute atomic E-state index is 14.1. The summed E-state index contributed by atoms with van der Waals surface area (Å²) in [5.41, 5.74) is -1.84. The van der Waals surface area contributed by atoms with E-state index in [1.54, 1.807) is 44.1 Å². The number of methoxy groups -OCH3 is 1. The number of hydrogen-bond acceptors (Lipinski definition) is 7. The lowest BCUT2D eigenvalue weighted by Crippen LogP contribution is -2.58. The molecule has 4 heterocycles. The lowest BCUT2D eigenvalue weighted by Gasteiger charge is -2.35. The van der Waals surface area contributed by atoms with Crippen molar-refractivity contribution in [1.82, 2.24) is 15.4 Å². The zero-order valence-electron chi connectivity index (χ0n) is 22.5. The molecule has 2 fully saturated rings. The van der Waals surface area contributed by atoms with Gasteiger partial charge in [-0.15, -0.1) is 0 Å². The van der Waals surface area contributed by atoms with Gasteiger partial charge in [0, 0.05) is 18.2 Å². The SMILES string of the molecule is COc1ccc(CCN2C(=O)[C@@H]3[C@H](C(=O)Nc4cc(C)on4)[C@]4(C)C=C[C@]3(O4)[C@H]2C(=O)NC(C)(C)C)cc1. The van der Waals surface area contributed by atoms with Crippen LogP contribution >= 0.6 is 0 Å². The molecule has 0 saturated carbocycles. The van der Waals surface area contributed by atoms with E-state index in [4.69, 9.17) is 14.0 Å². The minimum atomic E-state index is -1.26. The Morgan fingerprint density at radius 2 is 1.87 bits per heavy atom. The van der Waals surface area contributed by atoms with Crippen LogP contribution in [0.15, 0.2) is 47.0 Å². The standard InChI is InChI=1S/C28H34N4O6/c1-16-15-19(31-37-16)29-23(33)20-21-25(35)32(14-11-17-7-9-18(36-6)10-8-17)22(24(34)30-26(2,3)4)28(21)13-12-27(20,5)38-28/h7-10,12-13,15,20-22H,11,14H2,1-6H3,(H,30,34)(H,29,31,33)/t20-,21+,22-,27+,28-/m1/s1. The molecule has 10 nitrogen and oxygen atoms in total. The second-order valence-electron chi connectivity index (χ2n) is 11.5.